The number of halogens is 3. The summed E-state index contributed by atoms with van der Waals surface area (Å²) in [5.41, 5.74) is 1.15. The quantitative estimate of drug-likeness (QED) is 0.164. The summed E-state index contributed by atoms with van der Waals surface area (Å²) in [6.45, 7) is 0.996. The molecule has 14 heteroatoms. The van der Waals surface area contributed by atoms with Gasteiger partial charge in [0.1, 0.15) is 11.9 Å². The number of aromatic carboxylic acids is 1. The standard InChI is InChI=1S/C27H29F3N6O5/c28-27(29,30)41-23-4-2-1-3-20(23)15-33-26-34-16-22(36(39)40)24(35-26)32-14-18-7-11-21(12-8-18)31-13-17-5-9-19(10-6-17)25(37)38/h1-6,9-10,16,18,21,31H,7-8,11-15H2,(H,37,38)(H2,32,33,34,35)/t18-,21-. The van der Waals surface area contributed by atoms with Gasteiger partial charge >= 0.3 is 18.0 Å². The van der Waals surface area contributed by atoms with Gasteiger partial charge in [-0.15, -0.1) is 13.2 Å². The largest absolute Gasteiger partial charge is 0.573 e. The number of carboxylic acids is 1. The third kappa shape index (κ3) is 8.76. The second-order valence-corrected chi connectivity index (χ2v) is 9.68. The number of anilines is 2. The molecule has 0 unspecified atom stereocenters. The van der Waals surface area contributed by atoms with Gasteiger partial charge in [-0.3, -0.25) is 10.1 Å². The van der Waals surface area contributed by atoms with E-state index in [4.69, 9.17) is 5.11 Å². The van der Waals surface area contributed by atoms with Gasteiger partial charge in [0, 0.05) is 31.2 Å². The fourth-order valence-corrected chi connectivity index (χ4v) is 4.61. The van der Waals surface area contributed by atoms with Crippen molar-refractivity contribution in [3.05, 3.63) is 81.5 Å². The number of carbonyl (C=O) groups is 1. The summed E-state index contributed by atoms with van der Waals surface area (Å²) in [6, 6.07) is 12.7. The molecule has 0 amide bonds. The number of nitrogens with zero attached hydrogens (tertiary/aromatic N) is 3. The third-order valence-electron chi connectivity index (χ3n) is 6.80. The van der Waals surface area contributed by atoms with Crippen molar-refractivity contribution in [1.29, 1.82) is 0 Å². The zero-order valence-corrected chi connectivity index (χ0v) is 21.9. The van der Waals surface area contributed by atoms with E-state index >= 15 is 0 Å². The second kappa shape index (κ2) is 13.3. The molecule has 0 aliphatic heterocycles. The van der Waals surface area contributed by atoms with Crippen LogP contribution >= 0.6 is 0 Å². The number of carboxylic acid groups (broad SMARTS) is 1. The molecule has 1 saturated carbocycles. The lowest BCUT2D eigenvalue weighted by atomic mass is 9.86. The second-order valence-electron chi connectivity index (χ2n) is 9.68. The molecule has 218 valence electrons. The molecule has 1 aliphatic rings. The number of rotatable bonds is 12. The summed E-state index contributed by atoms with van der Waals surface area (Å²) >= 11 is 0. The van der Waals surface area contributed by atoms with Crippen molar-refractivity contribution in [2.75, 3.05) is 17.2 Å². The number of aromatic nitrogens is 2. The highest BCUT2D eigenvalue weighted by molar-refractivity contribution is 5.87. The van der Waals surface area contributed by atoms with E-state index in [9.17, 15) is 28.1 Å². The van der Waals surface area contributed by atoms with Crippen LogP contribution in [0.25, 0.3) is 0 Å². The van der Waals surface area contributed by atoms with Crippen LogP contribution in [0.5, 0.6) is 5.75 Å². The van der Waals surface area contributed by atoms with Crippen LogP contribution in [-0.4, -0.2) is 44.9 Å². The predicted octanol–water partition coefficient (Wildman–Crippen LogP) is 5.35. The molecule has 1 heterocycles. The Morgan fingerprint density at radius 3 is 2.41 bits per heavy atom. The van der Waals surface area contributed by atoms with Gasteiger partial charge in [-0.2, -0.15) is 4.98 Å². The minimum atomic E-state index is -4.85. The molecule has 2 aromatic carbocycles. The maximum absolute atomic E-state index is 12.7. The zero-order chi connectivity index (χ0) is 29.4. The van der Waals surface area contributed by atoms with Gasteiger partial charge in [0.15, 0.2) is 0 Å². The fraction of sp³-hybridized carbons (Fsp3) is 0.370. The average Bonchev–Trinajstić information content (AvgIpc) is 2.94. The molecule has 1 aliphatic carbocycles. The van der Waals surface area contributed by atoms with Crippen molar-refractivity contribution < 1.29 is 32.7 Å². The summed E-state index contributed by atoms with van der Waals surface area (Å²) in [6.07, 6.45) is -0.178. The van der Waals surface area contributed by atoms with Crippen LogP contribution in [0.3, 0.4) is 0 Å². The normalized spacial score (nSPS) is 17.0. The summed E-state index contributed by atoms with van der Waals surface area (Å²) in [4.78, 5) is 30.1. The summed E-state index contributed by atoms with van der Waals surface area (Å²) < 4.78 is 42.2. The molecule has 1 fully saturated rings. The molecule has 0 bridgehead atoms. The molecule has 0 atom stereocenters. The lowest BCUT2D eigenvalue weighted by Gasteiger charge is -2.29. The Balaban J connectivity index is 1.29. The zero-order valence-electron chi connectivity index (χ0n) is 21.9. The third-order valence-corrected chi connectivity index (χ3v) is 6.80. The molecule has 0 radical (unpaired) electrons. The molecule has 41 heavy (non-hydrogen) atoms. The Bertz CT molecular complexity index is 1350. The lowest BCUT2D eigenvalue weighted by Crippen LogP contribution is -2.34. The van der Waals surface area contributed by atoms with E-state index in [1.54, 1.807) is 30.3 Å². The number of para-hydroxylation sites is 1. The molecule has 0 saturated heterocycles. The van der Waals surface area contributed by atoms with Crippen molar-refractivity contribution in [1.82, 2.24) is 15.3 Å². The number of hydrogen-bond donors (Lipinski definition) is 4. The van der Waals surface area contributed by atoms with Crippen molar-refractivity contribution in [2.45, 2.75) is 51.2 Å². The van der Waals surface area contributed by atoms with Crippen LogP contribution in [0.4, 0.5) is 30.6 Å². The summed E-state index contributed by atoms with van der Waals surface area (Å²) in [5, 5.41) is 29.9. The van der Waals surface area contributed by atoms with Gasteiger partial charge in [-0.25, -0.2) is 9.78 Å². The van der Waals surface area contributed by atoms with E-state index in [1.165, 1.54) is 18.2 Å². The SMILES string of the molecule is O=C(O)c1ccc(CN[C@H]2CC[C@H](CNc3nc(NCc4ccccc4OC(F)(F)F)ncc3[N+](=O)[O-])CC2)cc1. The highest BCUT2D eigenvalue weighted by atomic mass is 19.4. The first-order valence-corrected chi connectivity index (χ1v) is 13.0. The van der Waals surface area contributed by atoms with E-state index in [1.807, 2.05) is 0 Å². The number of alkyl halides is 3. The van der Waals surface area contributed by atoms with Crippen molar-refractivity contribution in [3.8, 4) is 5.75 Å². The molecule has 0 spiro atoms. The van der Waals surface area contributed by atoms with Gasteiger partial charge in [0.05, 0.1) is 10.5 Å². The van der Waals surface area contributed by atoms with Gasteiger partial charge in [-0.1, -0.05) is 30.3 Å². The number of nitro groups is 1. The van der Waals surface area contributed by atoms with Crippen molar-refractivity contribution in [2.24, 2.45) is 5.92 Å². The number of ether oxygens (including phenoxy) is 1. The predicted molar refractivity (Wildman–Crippen MR) is 144 cm³/mol. The molecule has 4 rings (SSSR count). The van der Waals surface area contributed by atoms with Gasteiger partial charge in [-0.05, 0) is 55.4 Å². The van der Waals surface area contributed by atoms with Crippen LogP contribution in [0.2, 0.25) is 0 Å². The van der Waals surface area contributed by atoms with Crippen LogP contribution in [0, 0.1) is 16.0 Å². The highest BCUT2D eigenvalue weighted by Crippen LogP contribution is 2.29. The first kappa shape index (κ1) is 29.5. The van der Waals surface area contributed by atoms with Crippen LogP contribution in [0.1, 0.15) is 47.2 Å². The van der Waals surface area contributed by atoms with E-state index in [0.29, 0.717) is 19.1 Å². The highest BCUT2D eigenvalue weighted by Gasteiger charge is 2.32. The van der Waals surface area contributed by atoms with Crippen molar-refractivity contribution in [3.63, 3.8) is 0 Å². The smallest absolute Gasteiger partial charge is 0.478 e. The van der Waals surface area contributed by atoms with Crippen LogP contribution in [-0.2, 0) is 13.1 Å². The fourth-order valence-electron chi connectivity index (χ4n) is 4.61. The number of nitrogens with one attached hydrogen (secondary N) is 3. The summed E-state index contributed by atoms with van der Waals surface area (Å²) in [7, 11) is 0. The molecule has 4 N–H and O–H groups in total. The Kier molecular flexibility index (Phi) is 9.55. The Labute approximate surface area is 233 Å². The van der Waals surface area contributed by atoms with Gasteiger partial charge < -0.3 is 25.8 Å². The van der Waals surface area contributed by atoms with E-state index in [2.05, 4.69) is 30.7 Å². The molecular formula is C27H29F3N6O5. The first-order chi connectivity index (χ1) is 19.6. The topological polar surface area (TPSA) is 152 Å². The molecule has 11 nitrogen and oxygen atoms in total. The molecular weight excluding hydrogens is 545 g/mol. The number of benzene rings is 2. The van der Waals surface area contributed by atoms with Gasteiger partial charge in [0.25, 0.3) is 0 Å². The summed E-state index contributed by atoms with van der Waals surface area (Å²) in [5.74, 6) is -1.02. The maximum Gasteiger partial charge on any atom is 0.573 e. The Hall–Kier alpha value is -4.46. The molecule has 1 aromatic heterocycles. The Morgan fingerprint density at radius 1 is 1.05 bits per heavy atom. The van der Waals surface area contributed by atoms with Crippen LogP contribution in [0.15, 0.2) is 54.7 Å². The number of hydrogen-bond acceptors (Lipinski definition) is 9. The van der Waals surface area contributed by atoms with E-state index in [-0.39, 0.29) is 46.8 Å². The van der Waals surface area contributed by atoms with Crippen LogP contribution < -0.4 is 20.7 Å². The van der Waals surface area contributed by atoms with E-state index in [0.717, 1.165) is 37.4 Å². The minimum Gasteiger partial charge on any atom is -0.478 e. The average molecular weight is 575 g/mol. The van der Waals surface area contributed by atoms with Gasteiger partial charge in [0.2, 0.25) is 11.8 Å². The van der Waals surface area contributed by atoms with E-state index < -0.39 is 17.3 Å². The minimum absolute atomic E-state index is 0.0178. The van der Waals surface area contributed by atoms with Crippen molar-refractivity contribution >= 4 is 23.4 Å². The lowest BCUT2D eigenvalue weighted by molar-refractivity contribution is -0.384. The monoisotopic (exact) mass is 574 g/mol. The molecule has 3 aromatic rings. The first-order valence-electron chi connectivity index (χ1n) is 13.0. The Morgan fingerprint density at radius 2 is 1.76 bits per heavy atom. The maximum atomic E-state index is 12.7.